The van der Waals surface area contributed by atoms with E-state index >= 15 is 0 Å². The topological polar surface area (TPSA) is 69.2 Å². The fraction of sp³-hybridized carbons (Fsp3) is 0.263. The number of oxime groups is 1. The summed E-state index contributed by atoms with van der Waals surface area (Å²) in [6, 6.07) is 13.2. The Labute approximate surface area is 146 Å². The molecule has 0 atom stereocenters. The van der Waals surface area contributed by atoms with E-state index in [0.717, 1.165) is 23.2 Å². The summed E-state index contributed by atoms with van der Waals surface area (Å²) in [6.45, 7) is 3.95. The fourth-order valence-corrected chi connectivity index (χ4v) is 2.43. The van der Waals surface area contributed by atoms with Gasteiger partial charge in [0.05, 0.1) is 5.71 Å². The van der Waals surface area contributed by atoms with E-state index in [2.05, 4.69) is 17.4 Å². The monoisotopic (exact) mass is 340 g/mol. The molecule has 3 rings (SSSR count). The predicted octanol–water partition coefficient (Wildman–Crippen LogP) is 3.36. The van der Waals surface area contributed by atoms with Crippen LogP contribution in [-0.2, 0) is 16.1 Å². The Bertz CT molecular complexity index is 802. The average Bonchev–Trinajstić information content (AvgIpc) is 3.09. The maximum absolute atomic E-state index is 11.9. The van der Waals surface area contributed by atoms with Crippen molar-refractivity contribution in [3.8, 4) is 11.5 Å². The first-order chi connectivity index (χ1) is 12.2. The van der Waals surface area contributed by atoms with Gasteiger partial charge < -0.3 is 19.6 Å². The lowest BCUT2D eigenvalue weighted by molar-refractivity contribution is -0.120. The van der Waals surface area contributed by atoms with Crippen LogP contribution in [0.1, 0.15) is 25.0 Å². The lowest BCUT2D eigenvalue weighted by Gasteiger charge is -2.07. The number of carbonyl (C=O) groups is 1. The minimum atomic E-state index is -0.254. The van der Waals surface area contributed by atoms with Crippen molar-refractivity contribution in [2.45, 2.75) is 20.3 Å². The first kappa shape index (κ1) is 16.8. The molecule has 1 heterocycles. The molecule has 0 saturated carbocycles. The standard InChI is InChI=1S/C19H20N2O4/c1-3-14-5-4-6-16(9-14)20-19(22)11-25-21-13(2)15-7-8-17-18(10-15)24-12-23-17/h4-10H,3,11-12H2,1-2H3,(H,20,22)/b21-13+. The molecule has 2 aromatic rings. The van der Waals surface area contributed by atoms with Crippen LogP contribution in [0.2, 0.25) is 0 Å². The molecular weight excluding hydrogens is 320 g/mol. The SMILES string of the molecule is CCc1cccc(NC(=O)CO/N=C(\C)c2ccc3c(c2)OCO3)c1. The molecule has 2 aromatic carbocycles. The molecule has 1 N–H and O–H groups in total. The highest BCUT2D eigenvalue weighted by Crippen LogP contribution is 2.32. The highest BCUT2D eigenvalue weighted by molar-refractivity contribution is 5.99. The molecule has 6 nitrogen and oxygen atoms in total. The summed E-state index contributed by atoms with van der Waals surface area (Å²) in [6.07, 6.45) is 0.916. The van der Waals surface area contributed by atoms with Crippen LogP contribution in [0.5, 0.6) is 11.5 Å². The van der Waals surface area contributed by atoms with E-state index in [4.69, 9.17) is 14.3 Å². The van der Waals surface area contributed by atoms with Crippen molar-refractivity contribution >= 4 is 17.3 Å². The third kappa shape index (κ3) is 4.29. The number of nitrogens with one attached hydrogen (secondary N) is 1. The zero-order chi connectivity index (χ0) is 17.6. The highest BCUT2D eigenvalue weighted by atomic mass is 16.7. The van der Waals surface area contributed by atoms with Gasteiger partial charge in [0.2, 0.25) is 6.79 Å². The van der Waals surface area contributed by atoms with Gasteiger partial charge in [-0.25, -0.2) is 0 Å². The number of hydrogen-bond donors (Lipinski definition) is 1. The molecule has 0 radical (unpaired) electrons. The highest BCUT2D eigenvalue weighted by Gasteiger charge is 2.14. The second-order valence-electron chi connectivity index (χ2n) is 5.62. The van der Waals surface area contributed by atoms with E-state index in [0.29, 0.717) is 17.2 Å². The van der Waals surface area contributed by atoms with E-state index in [-0.39, 0.29) is 19.3 Å². The molecule has 1 aliphatic heterocycles. The van der Waals surface area contributed by atoms with Crippen LogP contribution in [0.3, 0.4) is 0 Å². The van der Waals surface area contributed by atoms with Crippen molar-refractivity contribution in [1.82, 2.24) is 0 Å². The van der Waals surface area contributed by atoms with Gasteiger partial charge in [-0.2, -0.15) is 0 Å². The minimum absolute atomic E-state index is 0.155. The Morgan fingerprint density at radius 2 is 2.04 bits per heavy atom. The Balaban J connectivity index is 1.54. The smallest absolute Gasteiger partial charge is 0.265 e. The molecule has 25 heavy (non-hydrogen) atoms. The summed E-state index contributed by atoms with van der Waals surface area (Å²) in [4.78, 5) is 17.1. The maximum atomic E-state index is 11.9. The lowest BCUT2D eigenvalue weighted by atomic mass is 10.1. The maximum Gasteiger partial charge on any atom is 0.265 e. The number of carbonyl (C=O) groups excluding carboxylic acids is 1. The molecule has 6 heteroatoms. The number of nitrogens with zero attached hydrogens (tertiary/aromatic N) is 1. The first-order valence-corrected chi connectivity index (χ1v) is 8.11. The van der Waals surface area contributed by atoms with Crippen molar-refractivity contribution < 1.29 is 19.1 Å². The Morgan fingerprint density at radius 1 is 1.20 bits per heavy atom. The van der Waals surface area contributed by atoms with Crippen molar-refractivity contribution in [2.75, 3.05) is 18.7 Å². The number of hydrogen-bond acceptors (Lipinski definition) is 5. The number of rotatable bonds is 6. The van der Waals surface area contributed by atoms with Gasteiger partial charge in [-0.1, -0.05) is 24.2 Å². The van der Waals surface area contributed by atoms with Crippen LogP contribution in [0.25, 0.3) is 0 Å². The van der Waals surface area contributed by atoms with Gasteiger partial charge >= 0.3 is 0 Å². The predicted molar refractivity (Wildman–Crippen MR) is 95.2 cm³/mol. The molecule has 0 bridgehead atoms. The molecule has 130 valence electrons. The number of ether oxygens (including phenoxy) is 2. The number of anilines is 1. The van der Waals surface area contributed by atoms with Crippen LogP contribution in [-0.4, -0.2) is 25.0 Å². The van der Waals surface area contributed by atoms with Gasteiger partial charge in [-0.15, -0.1) is 0 Å². The Morgan fingerprint density at radius 3 is 2.88 bits per heavy atom. The van der Waals surface area contributed by atoms with Crippen molar-refractivity contribution in [3.05, 3.63) is 53.6 Å². The van der Waals surface area contributed by atoms with E-state index in [1.165, 1.54) is 0 Å². The number of amides is 1. The average molecular weight is 340 g/mol. The third-order valence-electron chi connectivity index (χ3n) is 3.81. The zero-order valence-electron chi connectivity index (χ0n) is 14.2. The molecule has 0 aromatic heterocycles. The minimum Gasteiger partial charge on any atom is -0.454 e. The van der Waals surface area contributed by atoms with Gasteiger partial charge in [0.1, 0.15) is 0 Å². The van der Waals surface area contributed by atoms with E-state index in [1.807, 2.05) is 42.5 Å². The summed E-state index contributed by atoms with van der Waals surface area (Å²) >= 11 is 0. The summed E-state index contributed by atoms with van der Waals surface area (Å²) in [5, 5.41) is 6.79. The van der Waals surface area contributed by atoms with Crippen molar-refractivity contribution in [1.29, 1.82) is 0 Å². The molecule has 1 aliphatic rings. The van der Waals surface area contributed by atoms with E-state index in [9.17, 15) is 4.79 Å². The molecular formula is C19H20N2O4. The van der Waals surface area contributed by atoms with Crippen LogP contribution < -0.4 is 14.8 Å². The molecule has 0 aliphatic carbocycles. The summed E-state index contributed by atoms with van der Waals surface area (Å²) in [5.74, 6) is 1.14. The normalized spacial score (nSPS) is 12.8. The van der Waals surface area contributed by atoms with Crippen molar-refractivity contribution in [3.63, 3.8) is 0 Å². The van der Waals surface area contributed by atoms with Gasteiger partial charge in [0, 0.05) is 11.3 Å². The molecule has 1 amide bonds. The summed E-state index contributed by atoms with van der Waals surface area (Å²) in [7, 11) is 0. The quantitative estimate of drug-likeness (QED) is 0.647. The van der Waals surface area contributed by atoms with Crippen LogP contribution in [0.15, 0.2) is 47.6 Å². The molecule has 0 saturated heterocycles. The fourth-order valence-electron chi connectivity index (χ4n) is 2.43. The molecule has 0 spiro atoms. The zero-order valence-corrected chi connectivity index (χ0v) is 14.2. The molecule has 0 fully saturated rings. The summed E-state index contributed by atoms with van der Waals surface area (Å²) < 4.78 is 10.6. The van der Waals surface area contributed by atoms with Crippen LogP contribution in [0, 0.1) is 0 Å². The van der Waals surface area contributed by atoms with Gasteiger partial charge in [0.15, 0.2) is 18.1 Å². The van der Waals surface area contributed by atoms with Crippen molar-refractivity contribution in [2.24, 2.45) is 5.16 Å². The Hall–Kier alpha value is -3.02. The molecule has 0 unspecified atom stereocenters. The van der Waals surface area contributed by atoms with E-state index in [1.54, 1.807) is 6.92 Å². The number of aryl methyl sites for hydroxylation is 1. The third-order valence-corrected chi connectivity index (χ3v) is 3.81. The van der Waals surface area contributed by atoms with Gasteiger partial charge in [-0.3, -0.25) is 4.79 Å². The van der Waals surface area contributed by atoms with Crippen LogP contribution >= 0.6 is 0 Å². The first-order valence-electron chi connectivity index (χ1n) is 8.11. The van der Waals surface area contributed by atoms with E-state index < -0.39 is 0 Å². The second kappa shape index (κ2) is 7.70. The largest absolute Gasteiger partial charge is 0.454 e. The summed E-state index contributed by atoms with van der Waals surface area (Å²) in [5.41, 5.74) is 3.42. The number of benzene rings is 2. The Kier molecular flexibility index (Phi) is 5.18. The van der Waals surface area contributed by atoms with Gasteiger partial charge in [0.25, 0.3) is 5.91 Å². The second-order valence-corrected chi connectivity index (χ2v) is 5.62. The van der Waals surface area contributed by atoms with Gasteiger partial charge in [-0.05, 0) is 49.2 Å². The van der Waals surface area contributed by atoms with Crippen LogP contribution in [0.4, 0.5) is 5.69 Å². The lowest BCUT2D eigenvalue weighted by Crippen LogP contribution is -2.17. The number of fused-ring (bicyclic) bond motifs is 1.